The van der Waals surface area contributed by atoms with Gasteiger partial charge in [0.05, 0.1) is 11.2 Å². The first kappa shape index (κ1) is 16.9. The quantitative estimate of drug-likeness (QED) is 0.832. The van der Waals surface area contributed by atoms with Crippen molar-refractivity contribution in [2.24, 2.45) is 5.92 Å². The van der Waals surface area contributed by atoms with Crippen molar-refractivity contribution in [2.45, 2.75) is 43.5 Å². The molecule has 128 valence electrons. The molecule has 1 fully saturated rings. The summed E-state index contributed by atoms with van der Waals surface area (Å²) in [6.45, 7) is 7.97. The molecule has 2 unspecified atom stereocenters. The summed E-state index contributed by atoms with van der Waals surface area (Å²) in [6, 6.07) is 7.15. The number of anilines is 1. The van der Waals surface area contributed by atoms with Gasteiger partial charge < -0.3 is 14.8 Å². The third-order valence-corrected chi connectivity index (χ3v) is 6.46. The molecule has 0 bridgehead atoms. The van der Waals surface area contributed by atoms with Gasteiger partial charge in [0, 0.05) is 13.1 Å². The van der Waals surface area contributed by atoms with Crippen molar-refractivity contribution in [1.82, 2.24) is 9.62 Å². The summed E-state index contributed by atoms with van der Waals surface area (Å²) in [4.78, 5) is 2.76. The van der Waals surface area contributed by atoms with Gasteiger partial charge in [-0.05, 0) is 50.4 Å². The van der Waals surface area contributed by atoms with Crippen LogP contribution in [0.25, 0.3) is 0 Å². The zero-order valence-corrected chi connectivity index (χ0v) is 14.8. The molecular formula is C17H27N3O2S. The smallest absolute Gasteiger partial charge is 0.198 e. The molecule has 3 rings (SSSR count). The molecule has 1 spiro atoms. The number of para-hydroxylation sites is 1. The van der Waals surface area contributed by atoms with Gasteiger partial charge in [0.1, 0.15) is 0 Å². The molecule has 5 nitrogen and oxygen atoms in total. The van der Waals surface area contributed by atoms with Gasteiger partial charge in [-0.1, -0.05) is 30.2 Å². The van der Waals surface area contributed by atoms with Crippen LogP contribution in [-0.4, -0.2) is 41.2 Å². The average molecular weight is 337 g/mol. The van der Waals surface area contributed by atoms with Gasteiger partial charge in [-0.3, -0.25) is 0 Å². The molecule has 1 aromatic rings. The molecule has 0 aromatic heterocycles. The molecule has 23 heavy (non-hydrogen) atoms. The SMILES string of the molecule is CC(C)CCN1CCCC2(CNc3ccccc3[S+](=O)([O-])N2)C1. The molecule has 0 amide bonds. The molecular weight excluding hydrogens is 310 g/mol. The molecule has 2 aliphatic heterocycles. The van der Waals surface area contributed by atoms with Crippen molar-refractivity contribution in [1.29, 1.82) is 0 Å². The monoisotopic (exact) mass is 337 g/mol. The number of rotatable bonds is 3. The van der Waals surface area contributed by atoms with Gasteiger partial charge in [-0.15, -0.1) is 4.72 Å². The maximum Gasteiger partial charge on any atom is 0.198 e. The Morgan fingerprint density at radius 3 is 2.96 bits per heavy atom. The lowest BCUT2D eigenvalue weighted by Gasteiger charge is -2.42. The second kappa shape index (κ2) is 6.51. The topological polar surface area (TPSA) is 67.4 Å². The number of hydrogen-bond acceptors (Lipinski definition) is 4. The molecule has 2 aliphatic rings. The Balaban J connectivity index is 1.79. The van der Waals surface area contributed by atoms with Crippen molar-refractivity contribution in [3.63, 3.8) is 0 Å². The zero-order chi connectivity index (χ0) is 16.5. The van der Waals surface area contributed by atoms with Crippen molar-refractivity contribution < 1.29 is 8.76 Å². The number of benzene rings is 1. The lowest BCUT2D eigenvalue weighted by molar-refractivity contribution is 0.138. The Hall–Kier alpha value is -0.950. The fraction of sp³-hybridized carbons (Fsp3) is 0.647. The maximum atomic E-state index is 12.8. The van der Waals surface area contributed by atoms with E-state index < -0.39 is 15.9 Å². The van der Waals surface area contributed by atoms with Gasteiger partial charge in [0.15, 0.2) is 15.3 Å². The number of nitrogens with one attached hydrogen (secondary N) is 2. The van der Waals surface area contributed by atoms with Crippen LogP contribution in [0, 0.1) is 5.92 Å². The van der Waals surface area contributed by atoms with Gasteiger partial charge in [-0.25, -0.2) is 0 Å². The lowest BCUT2D eigenvalue weighted by atomic mass is 9.89. The van der Waals surface area contributed by atoms with Crippen LogP contribution in [0.3, 0.4) is 0 Å². The highest BCUT2D eigenvalue weighted by molar-refractivity contribution is 7.96. The van der Waals surface area contributed by atoms with Crippen molar-refractivity contribution >= 4 is 16.1 Å². The second-order valence-corrected chi connectivity index (χ2v) is 8.95. The Labute approximate surface area is 140 Å². The number of likely N-dealkylation sites (tertiary alicyclic amines) is 1. The van der Waals surface area contributed by atoms with Gasteiger partial charge in [0.25, 0.3) is 0 Å². The molecule has 0 saturated carbocycles. The Bertz CT molecular complexity index is 607. The van der Waals surface area contributed by atoms with E-state index in [0.717, 1.165) is 38.9 Å². The summed E-state index contributed by atoms with van der Waals surface area (Å²) in [5.41, 5.74) is 0.295. The normalized spacial score (nSPS) is 31.7. The van der Waals surface area contributed by atoms with Crippen LogP contribution < -0.4 is 10.0 Å². The van der Waals surface area contributed by atoms with Crippen molar-refractivity contribution in [3.8, 4) is 0 Å². The van der Waals surface area contributed by atoms with Crippen molar-refractivity contribution in [3.05, 3.63) is 24.3 Å². The van der Waals surface area contributed by atoms with Crippen LogP contribution in [0.15, 0.2) is 29.2 Å². The molecule has 1 aromatic carbocycles. The summed E-state index contributed by atoms with van der Waals surface area (Å²) in [5, 5.41) is 3.36. The van der Waals surface area contributed by atoms with E-state index >= 15 is 0 Å². The standard InChI is InChI=1S/C17H27N3O2S/c1-14(2)8-11-20-10-5-9-17(13-20)12-18-15-6-3-4-7-16(15)23(21,22)19-17/h3-4,6-7,14,18H,5,8-13H2,1-2H3,(H-,19,21,22). The zero-order valence-electron chi connectivity index (χ0n) is 14.0. The third-order valence-electron chi connectivity index (χ3n) is 4.82. The predicted octanol–water partition coefficient (Wildman–Crippen LogP) is 2.49. The Kier molecular flexibility index (Phi) is 4.78. The fourth-order valence-corrected chi connectivity index (χ4v) is 5.18. The molecule has 0 aliphatic carbocycles. The first-order valence-corrected chi connectivity index (χ1v) is 9.98. The predicted molar refractivity (Wildman–Crippen MR) is 93.0 cm³/mol. The van der Waals surface area contributed by atoms with Crippen LogP contribution in [0.2, 0.25) is 0 Å². The summed E-state index contributed by atoms with van der Waals surface area (Å²) < 4.78 is 28.6. The molecule has 2 atom stereocenters. The van der Waals surface area contributed by atoms with Crippen LogP contribution in [0.1, 0.15) is 33.1 Å². The molecule has 6 heteroatoms. The minimum Gasteiger partial charge on any atom is -0.593 e. The highest BCUT2D eigenvalue weighted by Gasteiger charge is 2.44. The molecule has 0 radical (unpaired) electrons. The Morgan fingerprint density at radius 1 is 1.39 bits per heavy atom. The van der Waals surface area contributed by atoms with Gasteiger partial charge in [0.2, 0.25) is 0 Å². The number of hydrogen-bond donors (Lipinski definition) is 2. The highest BCUT2D eigenvalue weighted by atomic mass is 32.3. The second-order valence-electron chi connectivity index (χ2n) is 7.30. The van der Waals surface area contributed by atoms with Crippen LogP contribution in [-0.2, 0) is 14.6 Å². The molecule has 2 N–H and O–H groups in total. The van der Waals surface area contributed by atoms with Gasteiger partial charge in [-0.2, -0.15) is 0 Å². The van der Waals surface area contributed by atoms with E-state index in [1.54, 1.807) is 12.1 Å². The van der Waals surface area contributed by atoms with E-state index in [1.165, 1.54) is 0 Å². The highest BCUT2D eigenvalue weighted by Crippen LogP contribution is 2.33. The summed E-state index contributed by atoms with van der Waals surface area (Å²) >= 11 is 0. The van der Waals surface area contributed by atoms with E-state index in [4.69, 9.17) is 0 Å². The van der Waals surface area contributed by atoms with Crippen molar-refractivity contribution in [2.75, 3.05) is 31.5 Å². The Morgan fingerprint density at radius 2 is 2.17 bits per heavy atom. The average Bonchev–Trinajstić information content (AvgIpc) is 2.61. The van der Waals surface area contributed by atoms with Crippen LogP contribution >= 0.6 is 0 Å². The minimum absolute atomic E-state index is 0.358. The number of fused-ring (bicyclic) bond motifs is 1. The first-order chi connectivity index (χ1) is 10.9. The molecule has 2 heterocycles. The molecule has 1 saturated heterocycles. The van der Waals surface area contributed by atoms with E-state index in [1.807, 2.05) is 12.1 Å². The first-order valence-electron chi connectivity index (χ1n) is 8.49. The lowest BCUT2D eigenvalue weighted by Crippen LogP contribution is -2.62. The largest absolute Gasteiger partial charge is 0.593 e. The maximum absolute atomic E-state index is 12.8. The fourth-order valence-electron chi connectivity index (χ4n) is 3.57. The van der Waals surface area contributed by atoms with Crippen LogP contribution in [0.4, 0.5) is 5.69 Å². The number of nitrogens with zero attached hydrogens (tertiary/aromatic N) is 1. The van der Waals surface area contributed by atoms with E-state index in [2.05, 4.69) is 28.8 Å². The van der Waals surface area contributed by atoms with E-state index in [-0.39, 0.29) is 0 Å². The van der Waals surface area contributed by atoms with E-state index in [9.17, 15) is 8.76 Å². The minimum atomic E-state index is -3.48. The number of sulfonamides is 1. The summed E-state index contributed by atoms with van der Waals surface area (Å²) in [7, 11) is -3.48. The number of piperidine rings is 1. The van der Waals surface area contributed by atoms with Crippen LogP contribution in [0.5, 0.6) is 0 Å². The summed E-state index contributed by atoms with van der Waals surface area (Å²) in [6.07, 6.45) is 3.06. The van der Waals surface area contributed by atoms with Gasteiger partial charge >= 0.3 is 0 Å². The van der Waals surface area contributed by atoms with E-state index in [0.29, 0.717) is 23.0 Å². The summed E-state index contributed by atoms with van der Waals surface area (Å²) in [5.74, 6) is 0.668. The third kappa shape index (κ3) is 3.76.